The average Bonchev–Trinajstić information content (AvgIpc) is 3.03. The molecule has 2 aliphatic heterocycles. The molecule has 2 atom stereocenters. The van der Waals surface area contributed by atoms with Gasteiger partial charge >= 0.3 is 0 Å². The van der Waals surface area contributed by atoms with E-state index in [0.29, 0.717) is 28.8 Å². The molecular formula is C21H23ClN2O5S. The number of hydrogen-bond donors (Lipinski definition) is 0. The molecule has 0 saturated carbocycles. The van der Waals surface area contributed by atoms with Crippen LogP contribution in [0.25, 0.3) is 0 Å². The fourth-order valence-electron chi connectivity index (χ4n) is 4.32. The highest BCUT2D eigenvalue weighted by molar-refractivity contribution is 7.91. The molecule has 0 N–H and O–H groups in total. The van der Waals surface area contributed by atoms with Crippen molar-refractivity contribution >= 4 is 33.0 Å². The Morgan fingerprint density at radius 3 is 2.43 bits per heavy atom. The van der Waals surface area contributed by atoms with Gasteiger partial charge in [-0.1, -0.05) is 29.8 Å². The van der Waals surface area contributed by atoms with E-state index in [4.69, 9.17) is 21.1 Å². The molecule has 0 aliphatic carbocycles. The van der Waals surface area contributed by atoms with E-state index in [1.54, 1.807) is 30.2 Å². The molecule has 2 heterocycles. The van der Waals surface area contributed by atoms with E-state index in [9.17, 15) is 13.2 Å². The number of piperazine rings is 1. The van der Waals surface area contributed by atoms with Crippen molar-refractivity contribution < 1.29 is 22.7 Å². The van der Waals surface area contributed by atoms with E-state index in [-0.39, 0.29) is 30.0 Å². The summed E-state index contributed by atoms with van der Waals surface area (Å²) in [6.07, 6.45) is 0. The highest BCUT2D eigenvalue weighted by Crippen LogP contribution is 2.36. The maximum atomic E-state index is 13.2. The van der Waals surface area contributed by atoms with Crippen LogP contribution in [0.3, 0.4) is 0 Å². The lowest BCUT2D eigenvalue weighted by atomic mass is 10.0. The summed E-state index contributed by atoms with van der Waals surface area (Å²) in [7, 11) is -0.170. The van der Waals surface area contributed by atoms with Crippen LogP contribution in [0.2, 0.25) is 5.02 Å². The lowest BCUT2D eigenvalue weighted by Crippen LogP contribution is -2.61. The van der Waals surface area contributed by atoms with Crippen LogP contribution in [0, 0.1) is 0 Å². The van der Waals surface area contributed by atoms with Gasteiger partial charge in [-0.15, -0.1) is 0 Å². The summed E-state index contributed by atoms with van der Waals surface area (Å²) in [5.41, 5.74) is 1.49. The molecule has 2 fully saturated rings. The summed E-state index contributed by atoms with van der Waals surface area (Å²) in [5.74, 6) is 0.991. The van der Waals surface area contributed by atoms with Gasteiger partial charge in [0.25, 0.3) is 0 Å². The molecule has 2 saturated heterocycles. The average molecular weight is 451 g/mol. The zero-order chi connectivity index (χ0) is 21.5. The van der Waals surface area contributed by atoms with E-state index in [2.05, 4.69) is 0 Å². The predicted octanol–water partition coefficient (Wildman–Crippen LogP) is 2.37. The fourth-order valence-corrected chi connectivity index (χ4v) is 6.56. The molecule has 2 aliphatic rings. The Kier molecular flexibility index (Phi) is 5.65. The number of halogens is 1. The van der Waals surface area contributed by atoms with Gasteiger partial charge in [0, 0.05) is 23.8 Å². The number of carbonyl (C=O) groups is 1. The van der Waals surface area contributed by atoms with Crippen molar-refractivity contribution in [3.8, 4) is 11.5 Å². The first-order chi connectivity index (χ1) is 14.3. The van der Waals surface area contributed by atoms with Crippen molar-refractivity contribution in [2.75, 3.05) is 37.2 Å². The normalized spacial score (nSPS) is 23.3. The number of hydrogen-bond acceptors (Lipinski definition) is 6. The van der Waals surface area contributed by atoms with E-state index in [1.165, 1.54) is 7.11 Å². The van der Waals surface area contributed by atoms with Crippen LogP contribution < -0.4 is 14.4 Å². The summed E-state index contributed by atoms with van der Waals surface area (Å²) in [5, 5.41) is 0.372. The smallest absolute Gasteiger partial charge is 0.241 e. The maximum Gasteiger partial charge on any atom is 0.241 e. The minimum Gasteiger partial charge on any atom is -0.496 e. The minimum atomic E-state index is -3.28. The van der Waals surface area contributed by atoms with Crippen molar-refractivity contribution in [3.63, 3.8) is 0 Å². The number of fused-ring (bicyclic) bond motifs is 1. The molecule has 1 amide bonds. The van der Waals surface area contributed by atoms with Gasteiger partial charge in [0.1, 0.15) is 11.5 Å². The molecule has 7 nitrogen and oxygen atoms in total. The Labute approximate surface area is 181 Å². The number of ether oxygens (including phenoxy) is 2. The number of methoxy groups -OCH3 is 2. The Bertz CT molecular complexity index is 1070. The van der Waals surface area contributed by atoms with E-state index in [1.807, 2.05) is 29.2 Å². The molecule has 0 aromatic heterocycles. The summed E-state index contributed by atoms with van der Waals surface area (Å²) in [6, 6.07) is 11.8. The topological polar surface area (TPSA) is 76.2 Å². The van der Waals surface area contributed by atoms with Gasteiger partial charge < -0.3 is 14.4 Å². The monoisotopic (exact) mass is 450 g/mol. The Morgan fingerprint density at radius 2 is 1.73 bits per heavy atom. The van der Waals surface area contributed by atoms with Gasteiger partial charge in [0.15, 0.2) is 9.84 Å². The van der Waals surface area contributed by atoms with E-state index < -0.39 is 15.9 Å². The Morgan fingerprint density at radius 1 is 1.03 bits per heavy atom. The summed E-state index contributed by atoms with van der Waals surface area (Å²) in [4.78, 5) is 16.7. The van der Waals surface area contributed by atoms with Gasteiger partial charge in [-0.3, -0.25) is 9.69 Å². The number of anilines is 1. The summed E-state index contributed by atoms with van der Waals surface area (Å²) in [6.45, 7) is 0.544. The van der Waals surface area contributed by atoms with Gasteiger partial charge in [-0.25, -0.2) is 8.42 Å². The number of sulfone groups is 1. The first-order valence-electron chi connectivity index (χ1n) is 9.55. The number of nitrogens with zero attached hydrogens (tertiary/aromatic N) is 2. The Balaban J connectivity index is 1.68. The second-order valence-corrected chi connectivity index (χ2v) is 10.1. The maximum absolute atomic E-state index is 13.2. The van der Waals surface area contributed by atoms with Gasteiger partial charge in [-0.2, -0.15) is 0 Å². The lowest BCUT2D eigenvalue weighted by Gasteiger charge is -2.43. The Hall–Kier alpha value is -2.29. The van der Waals surface area contributed by atoms with Crippen molar-refractivity contribution in [2.45, 2.75) is 18.6 Å². The standard InChI is InChI=1S/C21H23ClN2O5S/c1-28-19-6-4-3-5-14(19)10-23-11-21(25)24(18-13-30(26,27)12-17(18)23)15-7-8-20(29-2)16(22)9-15/h3-9,17-18H,10-13H2,1-2H3. The van der Waals surface area contributed by atoms with Gasteiger partial charge in [-0.05, 0) is 24.3 Å². The number of para-hydroxylation sites is 1. The van der Waals surface area contributed by atoms with Crippen molar-refractivity contribution in [3.05, 3.63) is 53.1 Å². The molecule has 2 aromatic carbocycles. The van der Waals surface area contributed by atoms with Crippen LogP contribution in [0.15, 0.2) is 42.5 Å². The molecule has 160 valence electrons. The largest absolute Gasteiger partial charge is 0.496 e. The number of carbonyl (C=O) groups excluding carboxylic acids is 1. The zero-order valence-electron chi connectivity index (χ0n) is 16.7. The van der Waals surface area contributed by atoms with Crippen LogP contribution in [-0.2, 0) is 21.2 Å². The first kappa shape index (κ1) is 21.0. The fraction of sp³-hybridized carbons (Fsp3) is 0.381. The van der Waals surface area contributed by atoms with Crippen LogP contribution in [0.4, 0.5) is 5.69 Å². The van der Waals surface area contributed by atoms with Crippen molar-refractivity contribution in [1.82, 2.24) is 4.90 Å². The third-order valence-corrected chi connectivity index (χ3v) is 7.67. The van der Waals surface area contributed by atoms with Crippen LogP contribution in [0.1, 0.15) is 5.56 Å². The quantitative estimate of drug-likeness (QED) is 0.696. The van der Waals surface area contributed by atoms with Gasteiger partial charge in [0.05, 0.1) is 43.3 Å². The zero-order valence-corrected chi connectivity index (χ0v) is 18.3. The molecule has 2 aromatic rings. The second kappa shape index (κ2) is 8.09. The van der Waals surface area contributed by atoms with E-state index >= 15 is 0 Å². The molecule has 0 spiro atoms. The second-order valence-electron chi connectivity index (χ2n) is 7.51. The minimum absolute atomic E-state index is 0.0144. The van der Waals surface area contributed by atoms with Crippen LogP contribution in [0.5, 0.6) is 11.5 Å². The first-order valence-corrected chi connectivity index (χ1v) is 11.7. The number of amides is 1. The highest BCUT2D eigenvalue weighted by Gasteiger charge is 2.49. The highest BCUT2D eigenvalue weighted by atomic mass is 35.5. The number of benzene rings is 2. The molecule has 2 unspecified atom stereocenters. The van der Waals surface area contributed by atoms with Gasteiger partial charge in [0.2, 0.25) is 5.91 Å². The summed E-state index contributed by atoms with van der Waals surface area (Å²) >= 11 is 6.26. The lowest BCUT2D eigenvalue weighted by molar-refractivity contribution is -0.123. The molecule has 9 heteroatoms. The predicted molar refractivity (Wildman–Crippen MR) is 115 cm³/mol. The van der Waals surface area contributed by atoms with E-state index in [0.717, 1.165) is 5.56 Å². The third-order valence-electron chi connectivity index (χ3n) is 5.68. The molecule has 0 bridgehead atoms. The van der Waals surface area contributed by atoms with Crippen LogP contribution >= 0.6 is 11.6 Å². The number of rotatable bonds is 5. The SMILES string of the molecule is COc1ccc(N2C(=O)CN(Cc3ccccc3OC)C3CS(=O)(=O)CC32)cc1Cl. The summed E-state index contributed by atoms with van der Waals surface area (Å²) < 4.78 is 35.7. The molecule has 0 radical (unpaired) electrons. The molecular weight excluding hydrogens is 428 g/mol. The van der Waals surface area contributed by atoms with Crippen LogP contribution in [-0.4, -0.2) is 63.6 Å². The molecule has 4 rings (SSSR count). The van der Waals surface area contributed by atoms with Crippen molar-refractivity contribution in [2.24, 2.45) is 0 Å². The molecule has 30 heavy (non-hydrogen) atoms. The van der Waals surface area contributed by atoms with Crippen molar-refractivity contribution in [1.29, 1.82) is 0 Å². The third kappa shape index (κ3) is 3.87.